The Morgan fingerprint density at radius 3 is 2.16 bits per heavy atom. The van der Waals surface area contributed by atoms with E-state index in [4.69, 9.17) is 14.2 Å². The van der Waals surface area contributed by atoms with Crippen LogP contribution in [0.3, 0.4) is 0 Å². The number of hydrogen-bond acceptors (Lipinski definition) is 5. The third-order valence-electron chi connectivity index (χ3n) is 4.49. The lowest BCUT2D eigenvalue weighted by atomic mass is 10.1. The number of nitrogens with zero attached hydrogens (tertiary/aromatic N) is 2. The van der Waals surface area contributed by atoms with E-state index in [1.54, 1.807) is 12.1 Å². The van der Waals surface area contributed by atoms with Gasteiger partial charge in [-0.15, -0.1) is 0 Å². The van der Waals surface area contributed by atoms with Gasteiger partial charge in [-0.3, -0.25) is 9.79 Å². The summed E-state index contributed by atoms with van der Waals surface area (Å²) in [7, 11) is 5.79. The van der Waals surface area contributed by atoms with Gasteiger partial charge < -0.3 is 24.4 Å². The molecule has 2 rings (SSSR count). The summed E-state index contributed by atoms with van der Waals surface area (Å²) in [5.41, 5.74) is 1.49. The van der Waals surface area contributed by atoms with Crippen molar-refractivity contribution in [3.8, 4) is 11.5 Å². The normalized spacial score (nSPS) is 11.8. The fourth-order valence-corrected chi connectivity index (χ4v) is 2.85. The third-order valence-corrected chi connectivity index (χ3v) is 4.49. The zero-order valence-corrected chi connectivity index (χ0v) is 18.3. The first-order valence-electron chi connectivity index (χ1n) is 9.35. The summed E-state index contributed by atoms with van der Waals surface area (Å²) >= 11 is 0. The van der Waals surface area contributed by atoms with E-state index in [-0.39, 0.29) is 23.8 Å². The van der Waals surface area contributed by atoms with Crippen LogP contribution in [0.25, 0.3) is 0 Å². The molecule has 172 valence electrons. The van der Waals surface area contributed by atoms with Crippen LogP contribution in [0.2, 0.25) is 0 Å². The van der Waals surface area contributed by atoms with Gasteiger partial charge in [-0.1, -0.05) is 0 Å². The summed E-state index contributed by atoms with van der Waals surface area (Å²) in [4.78, 5) is 16.9. The van der Waals surface area contributed by atoms with Gasteiger partial charge in [0.2, 0.25) is 5.96 Å². The molecule has 0 bridgehead atoms. The molecule has 2 aromatic rings. The van der Waals surface area contributed by atoms with E-state index in [0.717, 1.165) is 17.7 Å². The van der Waals surface area contributed by atoms with E-state index >= 15 is 0 Å². The fraction of sp³-hybridized carbons (Fsp3) is 0.273. The molecule has 0 atom stereocenters. The van der Waals surface area contributed by atoms with Gasteiger partial charge in [0.1, 0.15) is 0 Å². The summed E-state index contributed by atoms with van der Waals surface area (Å²) in [5.74, 6) is -3.09. The molecule has 0 aliphatic carbocycles. The molecule has 0 radical (unpaired) electrons. The Bertz CT molecular complexity index is 1020. The van der Waals surface area contributed by atoms with Crippen molar-refractivity contribution >= 4 is 17.9 Å². The lowest BCUT2D eigenvalue weighted by Crippen LogP contribution is -2.33. The summed E-state index contributed by atoms with van der Waals surface area (Å²) in [6, 6.07) is 5.17. The number of allylic oxidation sites excluding steroid dienone is 1. The Morgan fingerprint density at radius 2 is 1.66 bits per heavy atom. The Kier molecular flexibility index (Phi) is 8.51. The van der Waals surface area contributed by atoms with Crippen molar-refractivity contribution in [3.05, 3.63) is 64.8 Å². The van der Waals surface area contributed by atoms with Crippen molar-refractivity contribution < 1.29 is 32.2 Å². The topological polar surface area (TPSA) is 72.4 Å². The lowest BCUT2D eigenvalue weighted by Gasteiger charge is -2.25. The van der Waals surface area contributed by atoms with Crippen LogP contribution in [0.1, 0.15) is 11.1 Å². The minimum absolute atomic E-state index is 0.0694. The van der Waals surface area contributed by atoms with Crippen LogP contribution in [-0.2, 0) is 16.1 Å². The maximum atomic E-state index is 13.7. The Hall–Kier alpha value is -3.69. The number of carbonyl (C=O) groups excluding carboxylic acids is 1. The van der Waals surface area contributed by atoms with Gasteiger partial charge in [-0.2, -0.15) is 0 Å². The average Bonchev–Trinajstić information content (AvgIpc) is 2.79. The number of aryl methyl sites for hydroxylation is 1. The molecule has 0 heterocycles. The smallest absolute Gasteiger partial charge is 0.202 e. The largest absolute Gasteiger partial charge is 0.493 e. The van der Waals surface area contributed by atoms with E-state index < -0.39 is 17.5 Å². The number of anilines is 1. The van der Waals surface area contributed by atoms with Crippen LogP contribution in [0.15, 0.2) is 41.2 Å². The van der Waals surface area contributed by atoms with Crippen molar-refractivity contribution in [1.29, 1.82) is 0 Å². The Balaban J connectivity index is 2.48. The van der Waals surface area contributed by atoms with Crippen molar-refractivity contribution in [3.63, 3.8) is 0 Å². The number of hydrogen-bond donors (Lipinski definition) is 1. The number of aliphatic imine (C=N–C) groups is 1. The van der Waals surface area contributed by atoms with Crippen molar-refractivity contribution in [1.82, 2.24) is 4.90 Å². The highest BCUT2D eigenvalue weighted by Crippen LogP contribution is 2.33. The van der Waals surface area contributed by atoms with Gasteiger partial charge in [0, 0.05) is 18.8 Å². The van der Waals surface area contributed by atoms with E-state index in [9.17, 15) is 18.0 Å². The van der Waals surface area contributed by atoms with E-state index in [1.165, 1.54) is 39.5 Å². The van der Waals surface area contributed by atoms with E-state index in [1.807, 2.05) is 6.92 Å². The van der Waals surface area contributed by atoms with Crippen LogP contribution in [0.5, 0.6) is 11.5 Å². The molecule has 7 nitrogen and oxygen atoms in total. The van der Waals surface area contributed by atoms with E-state index in [0.29, 0.717) is 23.5 Å². The number of ether oxygens (including phenoxy) is 3. The molecule has 0 aromatic heterocycles. The van der Waals surface area contributed by atoms with Gasteiger partial charge in [0.05, 0.1) is 34.1 Å². The molecule has 10 heteroatoms. The molecule has 0 amide bonds. The molecule has 0 unspecified atom stereocenters. The second-order valence-electron chi connectivity index (χ2n) is 6.55. The number of aldehydes is 1. The number of methoxy groups -OCH3 is 3. The first-order chi connectivity index (χ1) is 15.3. The number of carbonyl (C=O) groups is 1. The van der Waals surface area contributed by atoms with Crippen molar-refractivity contribution in [2.45, 2.75) is 13.5 Å². The number of halogens is 3. The molecule has 32 heavy (non-hydrogen) atoms. The van der Waals surface area contributed by atoms with Gasteiger partial charge >= 0.3 is 0 Å². The Labute approximate surface area is 184 Å². The Morgan fingerprint density at radius 1 is 1.06 bits per heavy atom. The lowest BCUT2D eigenvalue weighted by molar-refractivity contribution is -0.107. The van der Waals surface area contributed by atoms with Crippen molar-refractivity contribution in [2.24, 2.45) is 4.99 Å². The van der Waals surface area contributed by atoms with Gasteiger partial charge in [-0.05, 0) is 36.2 Å². The molecule has 2 aromatic carbocycles. The highest BCUT2D eigenvalue weighted by atomic mass is 19.2. The average molecular weight is 451 g/mol. The second-order valence-corrected chi connectivity index (χ2v) is 6.55. The molecular weight excluding hydrogens is 427 g/mol. The van der Waals surface area contributed by atoms with Crippen LogP contribution in [0, 0.1) is 24.4 Å². The number of rotatable bonds is 8. The van der Waals surface area contributed by atoms with Crippen LogP contribution in [-0.4, -0.2) is 45.5 Å². The van der Waals surface area contributed by atoms with Gasteiger partial charge in [0.25, 0.3) is 0 Å². The maximum absolute atomic E-state index is 13.7. The maximum Gasteiger partial charge on any atom is 0.202 e. The predicted molar refractivity (Wildman–Crippen MR) is 114 cm³/mol. The van der Waals surface area contributed by atoms with Crippen LogP contribution in [0.4, 0.5) is 18.9 Å². The molecule has 0 saturated heterocycles. The zero-order valence-electron chi connectivity index (χ0n) is 18.3. The summed E-state index contributed by atoms with van der Waals surface area (Å²) in [5, 5.41) is 3.10. The molecule has 1 N–H and O–H groups in total. The van der Waals surface area contributed by atoms with Crippen molar-refractivity contribution in [2.75, 3.05) is 33.7 Å². The monoisotopic (exact) mass is 451 g/mol. The fourth-order valence-electron chi connectivity index (χ4n) is 2.85. The first kappa shape index (κ1) is 24.6. The molecule has 0 fully saturated rings. The minimum atomic E-state index is -1.57. The summed E-state index contributed by atoms with van der Waals surface area (Å²) in [6.07, 6.45) is 1.77. The molecule has 0 saturated carbocycles. The highest BCUT2D eigenvalue weighted by Gasteiger charge is 2.17. The minimum Gasteiger partial charge on any atom is -0.493 e. The molecule has 0 aliphatic heterocycles. The van der Waals surface area contributed by atoms with Gasteiger partial charge in [-0.25, -0.2) is 13.2 Å². The third kappa shape index (κ3) is 5.71. The first-order valence-corrected chi connectivity index (χ1v) is 9.35. The van der Waals surface area contributed by atoms with E-state index in [2.05, 4.69) is 10.3 Å². The molecular formula is C22H24F3N3O4. The SMILES string of the molecule is CN=C(Nc1cc(OC)c(OC)cc1C)N(/C=C(\C=O)OC)Cc1cc(F)c(F)c(F)c1. The standard InChI is InChI=1S/C22H24F3N3O4/c1-13-6-19(31-4)20(32-5)9-18(13)27-22(26-2)28(11-15(12-29)30-3)10-14-7-16(23)21(25)17(24)8-14/h6-9,11-12H,10H2,1-5H3,(H,26,27)/b15-11+. The summed E-state index contributed by atoms with van der Waals surface area (Å²) in [6.45, 7) is 1.68. The van der Waals surface area contributed by atoms with Crippen LogP contribution < -0.4 is 14.8 Å². The summed E-state index contributed by atoms with van der Waals surface area (Å²) < 4.78 is 56.4. The van der Waals surface area contributed by atoms with Crippen LogP contribution >= 0.6 is 0 Å². The quantitative estimate of drug-likeness (QED) is 0.163. The molecule has 0 aliphatic rings. The number of guanidine groups is 1. The molecule has 0 spiro atoms. The highest BCUT2D eigenvalue weighted by molar-refractivity contribution is 5.95. The number of benzene rings is 2. The zero-order chi connectivity index (χ0) is 23.8. The predicted octanol–water partition coefficient (Wildman–Crippen LogP) is 4.02. The number of nitrogens with one attached hydrogen (secondary N) is 1. The van der Waals surface area contributed by atoms with Gasteiger partial charge in [0.15, 0.2) is 41.0 Å². The second kappa shape index (κ2) is 11.1.